The highest BCUT2D eigenvalue weighted by Crippen LogP contribution is 2.52. The highest BCUT2D eigenvalue weighted by atomic mass is 19.1. The molecule has 0 bridgehead atoms. The van der Waals surface area contributed by atoms with Crippen molar-refractivity contribution in [3.63, 3.8) is 0 Å². The Morgan fingerprint density at radius 2 is 1.76 bits per heavy atom. The molecule has 3 aromatic heterocycles. The SMILES string of the molecule is CC1=NC2(N=C1N)c1cc(-c3cc(F)cnc3C(N)=O)ccc1Oc1ncc(-c3cccnc3F)cc12. The number of carbonyl (C=O) groups is 1. The minimum Gasteiger partial charge on any atom is -0.438 e. The molecule has 2 aliphatic rings. The molecule has 0 fully saturated rings. The third-order valence-corrected chi connectivity index (χ3v) is 6.24. The van der Waals surface area contributed by atoms with E-state index in [1.54, 1.807) is 43.3 Å². The van der Waals surface area contributed by atoms with Crippen LogP contribution < -0.4 is 16.2 Å². The van der Waals surface area contributed by atoms with Crippen LogP contribution in [-0.4, -0.2) is 32.4 Å². The predicted octanol–water partition coefficient (Wildman–Crippen LogP) is 3.72. The lowest BCUT2D eigenvalue weighted by Crippen LogP contribution is -2.27. The lowest BCUT2D eigenvalue weighted by molar-refractivity contribution is 0.0996. The molecule has 1 spiro atoms. The third-order valence-electron chi connectivity index (χ3n) is 6.24. The van der Waals surface area contributed by atoms with Crippen LogP contribution >= 0.6 is 0 Å². The normalized spacial score (nSPS) is 17.5. The topological polar surface area (TPSA) is 142 Å². The summed E-state index contributed by atoms with van der Waals surface area (Å²) in [5, 5.41) is 0. The number of hydrogen-bond donors (Lipinski definition) is 2. The predicted molar refractivity (Wildman–Crippen MR) is 131 cm³/mol. The molecule has 11 heteroatoms. The maximum Gasteiger partial charge on any atom is 0.267 e. The van der Waals surface area contributed by atoms with E-state index in [1.807, 2.05) is 0 Å². The third kappa shape index (κ3) is 3.43. The molecule has 182 valence electrons. The Labute approximate surface area is 208 Å². The fraction of sp³-hybridized carbons (Fsp3) is 0.0769. The van der Waals surface area contributed by atoms with Gasteiger partial charge in [0.2, 0.25) is 17.5 Å². The number of amides is 1. The molecule has 5 heterocycles. The van der Waals surface area contributed by atoms with E-state index in [2.05, 4.69) is 15.0 Å². The van der Waals surface area contributed by atoms with Gasteiger partial charge in [-0.25, -0.2) is 29.3 Å². The maximum absolute atomic E-state index is 14.5. The zero-order chi connectivity index (χ0) is 25.9. The minimum absolute atomic E-state index is 0.0994. The number of pyridine rings is 3. The minimum atomic E-state index is -1.41. The molecule has 4 N–H and O–H groups in total. The number of aliphatic imine (C=N–C) groups is 2. The zero-order valence-electron chi connectivity index (χ0n) is 19.2. The van der Waals surface area contributed by atoms with E-state index < -0.39 is 23.3 Å². The Balaban J connectivity index is 1.60. The number of hydrogen-bond acceptors (Lipinski definition) is 8. The number of nitrogens with zero attached hydrogens (tertiary/aromatic N) is 5. The zero-order valence-corrected chi connectivity index (χ0v) is 19.2. The maximum atomic E-state index is 14.5. The van der Waals surface area contributed by atoms with Gasteiger partial charge < -0.3 is 16.2 Å². The van der Waals surface area contributed by atoms with Crippen molar-refractivity contribution in [1.29, 1.82) is 0 Å². The van der Waals surface area contributed by atoms with E-state index in [9.17, 15) is 13.6 Å². The summed E-state index contributed by atoms with van der Waals surface area (Å²) in [6, 6.07) is 11.0. The number of rotatable bonds is 3. The molecular weight excluding hydrogens is 480 g/mol. The van der Waals surface area contributed by atoms with Gasteiger partial charge in [0.1, 0.15) is 23.1 Å². The first-order valence-corrected chi connectivity index (χ1v) is 11.1. The molecule has 0 saturated carbocycles. The first-order chi connectivity index (χ1) is 17.8. The Hall–Kier alpha value is -5.06. The number of amidine groups is 1. The van der Waals surface area contributed by atoms with Crippen LogP contribution in [-0.2, 0) is 5.66 Å². The van der Waals surface area contributed by atoms with Crippen molar-refractivity contribution < 1.29 is 18.3 Å². The summed E-state index contributed by atoms with van der Waals surface area (Å²) < 4.78 is 34.7. The van der Waals surface area contributed by atoms with Crippen molar-refractivity contribution in [3.05, 3.63) is 89.6 Å². The van der Waals surface area contributed by atoms with Gasteiger partial charge in [0, 0.05) is 34.6 Å². The Morgan fingerprint density at radius 1 is 0.946 bits per heavy atom. The Morgan fingerprint density at radius 3 is 2.49 bits per heavy atom. The number of aromatic nitrogens is 3. The van der Waals surface area contributed by atoms with Crippen LogP contribution in [0.3, 0.4) is 0 Å². The largest absolute Gasteiger partial charge is 0.438 e. The van der Waals surface area contributed by atoms with Gasteiger partial charge in [0.05, 0.1) is 17.5 Å². The fourth-order valence-electron chi connectivity index (χ4n) is 4.52. The molecule has 1 amide bonds. The van der Waals surface area contributed by atoms with Crippen LogP contribution in [0.2, 0.25) is 0 Å². The molecule has 1 unspecified atom stereocenters. The number of nitrogens with two attached hydrogens (primary N) is 2. The van der Waals surface area contributed by atoms with Gasteiger partial charge in [-0.15, -0.1) is 0 Å². The van der Waals surface area contributed by atoms with Gasteiger partial charge in [0.15, 0.2) is 0 Å². The van der Waals surface area contributed by atoms with E-state index in [-0.39, 0.29) is 28.5 Å². The van der Waals surface area contributed by atoms with Crippen LogP contribution in [0.5, 0.6) is 11.6 Å². The monoisotopic (exact) mass is 497 g/mol. The van der Waals surface area contributed by atoms with Gasteiger partial charge in [-0.05, 0) is 48.9 Å². The van der Waals surface area contributed by atoms with E-state index in [4.69, 9.17) is 26.2 Å². The second-order valence-corrected chi connectivity index (χ2v) is 8.51. The summed E-state index contributed by atoms with van der Waals surface area (Å²) in [6.45, 7) is 1.71. The summed E-state index contributed by atoms with van der Waals surface area (Å²) in [6.07, 6.45) is 3.75. The summed E-state index contributed by atoms with van der Waals surface area (Å²) >= 11 is 0. The average molecular weight is 497 g/mol. The van der Waals surface area contributed by atoms with E-state index in [0.29, 0.717) is 33.7 Å². The lowest BCUT2D eigenvalue weighted by atomic mass is 9.87. The van der Waals surface area contributed by atoms with E-state index >= 15 is 0 Å². The van der Waals surface area contributed by atoms with Crippen LogP contribution in [0, 0.1) is 11.8 Å². The average Bonchev–Trinajstić information content (AvgIpc) is 3.18. The lowest BCUT2D eigenvalue weighted by Gasteiger charge is -2.32. The number of carbonyl (C=O) groups excluding carboxylic acids is 1. The van der Waals surface area contributed by atoms with Crippen molar-refractivity contribution in [2.75, 3.05) is 0 Å². The first-order valence-electron chi connectivity index (χ1n) is 11.1. The second-order valence-electron chi connectivity index (χ2n) is 8.51. The molecule has 0 aliphatic carbocycles. The van der Waals surface area contributed by atoms with Gasteiger partial charge in [-0.2, -0.15) is 4.39 Å². The van der Waals surface area contributed by atoms with Crippen molar-refractivity contribution >= 4 is 17.5 Å². The molecule has 1 aromatic carbocycles. The number of benzene rings is 1. The van der Waals surface area contributed by atoms with Crippen LogP contribution in [0.1, 0.15) is 28.5 Å². The van der Waals surface area contributed by atoms with E-state index in [1.165, 1.54) is 18.5 Å². The van der Waals surface area contributed by atoms with Crippen molar-refractivity contribution in [2.24, 2.45) is 21.5 Å². The van der Waals surface area contributed by atoms with Crippen molar-refractivity contribution in [1.82, 2.24) is 15.0 Å². The number of halogens is 2. The highest BCUT2D eigenvalue weighted by Gasteiger charge is 2.46. The summed E-state index contributed by atoms with van der Waals surface area (Å²) in [4.78, 5) is 33.5. The molecule has 2 aliphatic heterocycles. The molecule has 4 aromatic rings. The number of ether oxygens (including phenoxy) is 1. The molecule has 37 heavy (non-hydrogen) atoms. The molecule has 0 saturated heterocycles. The molecule has 6 rings (SSSR count). The van der Waals surface area contributed by atoms with Crippen LogP contribution in [0.15, 0.2) is 71.0 Å². The first kappa shape index (κ1) is 22.4. The van der Waals surface area contributed by atoms with E-state index in [0.717, 1.165) is 6.20 Å². The number of fused-ring (bicyclic) bond motifs is 4. The van der Waals surface area contributed by atoms with Crippen molar-refractivity contribution in [3.8, 4) is 33.9 Å². The number of primary amides is 1. The quantitative estimate of drug-likeness (QED) is 0.413. The standard InChI is InChI=1S/C26H17F2N7O2/c1-12-23(29)35-26(34-12)18-7-13(17-9-15(27)11-32-21(17)24(30)36)4-5-20(18)37-25-19(26)8-14(10-33-25)16-3-2-6-31-22(16)28/h2-11H,1H3,(H2,29,35)(H2,30,36). The highest BCUT2D eigenvalue weighted by molar-refractivity contribution is 6.41. The smallest absolute Gasteiger partial charge is 0.267 e. The fourth-order valence-corrected chi connectivity index (χ4v) is 4.52. The van der Waals surface area contributed by atoms with Crippen LogP contribution in [0.4, 0.5) is 8.78 Å². The Kier molecular flexibility index (Phi) is 4.83. The van der Waals surface area contributed by atoms with Crippen molar-refractivity contribution in [2.45, 2.75) is 12.6 Å². The second kappa shape index (κ2) is 7.98. The summed E-state index contributed by atoms with van der Waals surface area (Å²) in [5.41, 5.74) is 12.8. The van der Waals surface area contributed by atoms with Gasteiger partial charge in [-0.1, -0.05) is 6.07 Å². The molecule has 1 atom stereocenters. The Bertz CT molecular complexity index is 1680. The molecule has 0 radical (unpaired) electrons. The van der Waals surface area contributed by atoms with Gasteiger partial charge in [0.25, 0.3) is 5.91 Å². The van der Waals surface area contributed by atoms with Gasteiger partial charge in [-0.3, -0.25) is 4.79 Å². The molecular formula is C26H17F2N7O2. The summed E-state index contributed by atoms with van der Waals surface area (Å²) in [5.74, 6) is -1.32. The van der Waals surface area contributed by atoms with Gasteiger partial charge >= 0.3 is 0 Å². The van der Waals surface area contributed by atoms with Crippen LogP contribution in [0.25, 0.3) is 22.3 Å². The summed E-state index contributed by atoms with van der Waals surface area (Å²) in [7, 11) is 0. The molecule has 9 nitrogen and oxygen atoms in total.